The van der Waals surface area contributed by atoms with Gasteiger partial charge in [-0.25, -0.2) is 0 Å². The van der Waals surface area contributed by atoms with Gasteiger partial charge in [-0.05, 0) is 112 Å². The predicted molar refractivity (Wildman–Crippen MR) is 340 cm³/mol. The van der Waals surface area contributed by atoms with E-state index in [2.05, 4.69) is 30.6 Å². The lowest BCUT2D eigenvalue weighted by Gasteiger charge is -2.28. The monoisotopic (exact) mass is 1350 g/mol. The quantitative estimate of drug-likeness (QED) is 0.0182. The van der Waals surface area contributed by atoms with Gasteiger partial charge in [0.1, 0.15) is 0 Å². The van der Waals surface area contributed by atoms with Gasteiger partial charge in [0, 0.05) is 120 Å². The van der Waals surface area contributed by atoms with Gasteiger partial charge < -0.3 is 81.6 Å². The molecule has 0 aliphatic carbocycles. The Morgan fingerprint density at radius 1 is 0.323 bits per heavy atom. The highest BCUT2D eigenvalue weighted by atomic mass is 16.4. The Hall–Kier alpha value is -10.0. The van der Waals surface area contributed by atoms with Crippen LogP contribution in [0.3, 0.4) is 0 Å². The Balaban J connectivity index is 1.62. The maximum Gasteiger partial charge on any atom is 0.317 e. The summed E-state index contributed by atoms with van der Waals surface area (Å²) in [6.45, 7) is 3.19. The molecule has 0 fully saturated rings. The number of hydrogen-bond donors (Lipinski definition) is 16. The standard InChI is InChI=1S/C62H84N12O22/c1-33-39(7-9-51(77)78)45-22-46-40(8-10-52(79)80)34(2)42(66-46)20-47-62(38(6)64-50(76)24-72(28-56(87)88)16-12-70(26-54(83)84)14-18-74(31-59(93)94)32-60(95)96)36(4)44(68-47)21-48-61(35(3)43(67-48)19-41(33)65-45)37(5)63-49(75)23-71(27-55(85)86)15-11-69(25-53(81)82)13-17-73(29-57(89)90)30-58(91)92/h19-22,37-38,65-68H,7-18,23-32H2,1-6H3,(H,63,75)(H,64,76)(H,77,78)(H,79,80)(H,81,82)(H,83,84)(H,85,86)(H,87,88)(H,89,90)(H,91,92)(H,93,94)(H,95,96). The number of amides is 2. The third-order valence-corrected chi connectivity index (χ3v) is 16.1. The number of aliphatic carboxylic acids is 10. The second kappa shape index (κ2) is 35.5. The van der Waals surface area contributed by atoms with E-state index in [9.17, 15) is 109 Å². The molecule has 8 bridgehead atoms. The molecule has 0 spiro atoms. The van der Waals surface area contributed by atoms with Crippen LogP contribution in [0, 0.1) is 27.7 Å². The zero-order chi connectivity index (χ0) is 71.4. The Labute approximate surface area is 548 Å². The largest absolute Gasteiger partial charge is 0.481 e. The minimum absolute atomic E-state index is 0.0795. The van der Waals surface area contributed by atoms with Crippen LogP contribution >= 0.6 is 0 Å². The molecular weight excluding hydrogens is 1260 g/mol. The highest BCUT2D eigenvalue weighted by Crippen LogP contribution is 2.28. The smallest absolute Gasteiger partial charge is 0.317 e. The van der Waals surface area contributed by atoms with Crippen molar-refractivity contribution in [1.82, 2.24) is 60.0 Å². The van der Waals surface area contributed by atoms with Crippen LogP contribution in [0.5, 0.6) is 0 Å². The number of nitrogens with zero attached hydrogens (tertiary/aromatic N) is 6. The van der Waals surface area contributed by atoms with Gasteiger partial charge in [-0.3, -0.25) is 86.9 Å². The van der Waals surface area contributed by atoms with E-state index in [0.717, 1.165) is 9.80 Å². The van der Waals surface area contributed by atoms with Crippen LogP contribution in [0.25, 0.3) is 24.3 Å². The van der Waals surface area contributed by atoms with Gasteiger partial charge in [-0.15, -0.1) is 0 Å². The average Bonchev–Trinajstić information content (AvgIpc) is 1.93. The van der Waals surface area contributed by atoms with Crippen LogP contribution in [0.2, 0.25) is 0 Å². The van der Waals surface area contributed by atoms with Crippen LogP contribution in [0.15, 0.2) is 0 Å². The van der Waals surface area contributed by atoms with Crippen molar-refractivity contribution in [1.29, 1.82) is 0 Å². The lowest BCUT2D eigenvalue weighted by Crippen LogP contribution is -2.46. The van der Waals surface area contributed by atoms with Crippen molar-refractivity contribution >= 4 is 95.8 Å². The average molecular weight is 1350 g/mol. The number of H-pyrrole nitrogens is 4. The van der Waals surface area contributed by atoms with Crippen molar-refractivity contribution in [3.63, 3.8) is 0 Å². The maximum absolute atomic E-state index is 14.2. The molecule has 34 nitrogen and oxygen atoms in total. The molecule has 2 atom stereocenters. The highest BCUT2D eigenvalue weighted by molar-refractivity contribution is 5.81. The number of carbonyl (C=O) groups is 12. The highest BCUT2D eigenvalue weighted by Gasteiger charge is 2.27. The molecule has 16 N–H and O–H groups in total. The fourth-order valence-corrected chi connectivity index (χ4v) is 11.7. The van der Waals surface area contributed by atoms with Crippen molar-refractivity contribution in [2.24, 2.45) is 0 Å². The number of aromatic nitrogens is 4. The van der Waals surface area contributed by atoms with Crippen molar-refractivity contribution in [3.8, 4) is 0 Å². The first-order valence-corrected chi connectivity index (χ1v) is 30.4. The Morgan fingerprint density at radius 2 is 0.625 bits per heavy atom. The fourth-order valence-electron chi connectivity index (χ4n) is 11.7. The molecule has 524 valence electrons. The number of carboxylic acids is 10. The van der Waals surface area contributed by atoms with Crippen LogP contribution < -0.4 is 32.0 Å². The Kier molecular flexibility index (Phi) is 28.4. The zero-order valence-electron chi connectivity index (χ0n) is 54.1. The molecule has 0 radical (unpaired) electrons. The lowest BCUT2D eigenvalue weighted by atomic mass is 10.0. The second-order valence-electron chi connectivity index (χ2n) is 23.6. The van der Waals surface area contributed by atoms with Gasteiger partial charge in [-0.1, -0.05) is 0 Å². The third kappa shape index (κ3) is 23.8. The van der Waals surface area contributed by atoms with Gasteiger partial charge in [0.05, 0.1) is 77.5 Å². The summed E-state index contributed by atoms with van der Waals surface area (Å²) in [5, 5.41) is 104. The normalized spacial score (nSPS) is 12.6. The van der Waals surface area contributed by atoms with Crippen molar-refractivity contribution in [3.05, 3.63) is 88.7 Å². The summed E-state index contributed by atoms with van der Waals surface area (Å²) in [7, 11) is 0. The number of hydrogen-bond acceptors (Lipinski definition) is 18. The first-order chi connectivity index (χ1) is 45.1. The van der Waals surface area contributed by atoms with E-state index in [1.165, 1.54) is 19.6 Å². The van der Waals surface area contributed by atoms with Crippen molar-refractivity contribution in [2.45, 2.75) is 79.3 Å². The van der Waals surface area contributed by atoms with E-state index in [1.807, 2.05) is 13.0 Å². The Bertz CT molecular complexity index is 3810. The molecule has 34 heteroatoms. The van der Waals surface area contributed by atoms with Gasteiger partial charge in [0.25, 0.3) is 0 Å². The first kappa shape index (κ1) is 76.7. The second-order valence-corrected chi connectivity index (χ2v) is 23.6. The molecule has 0 saturated carbocycles. The molecule has 4 aromatic heterocycles. The molecule has 0 saturated heterocycles. The topological polar surface area (TPSA) is 514 Å². The maximum atomic E-state index is 14.2. The van der Waals surface area contributed by atoms with Crippen molar-refractivity contribution < 1.29 is 109 Å². The number of fused-ring (bicyclic) bond motifs is 8. The van der Waals surface area contributed by atoms with Gasteiger partial charge in [-0.2, -0.15) is 0 Å². The summed E-state index contributed by atoms with van der Waals surface area (Å²) >= 11 is 0. The molecule has 5 heterocycles. The van der Waals surface area contributed by atoms with E-state index < -0.39 is 149 Å². The summed E-state index contributed by atoms with van der Waals surface area (Å²) in [6, 6.07) is -1.73. The Morgan fingerprint density at radius 3 is 1.03 bits per heavy atom. The van der Waals surface area contributed by atoms with Crippen LogP contribution in [0.1, 0.15) is 106 Å². The summed E-state index contributed by atoms with van der Waals surface area (Å²) in [5.74, 6) is -13.9. The summed E-state index contributed by atoms with van der Waals surface area (Å²) < 4.78 is 0. The third-order valence-electron chi connectivity index (χ3n) is 16.1. The molecule has 4 aromatic rings. The fraction of sp³-hybridized carbons (Fsp3) is 0.484. The van der Waals surface area contributed by atoms with Gasteiger partial charge >= 0.3 is 59.7 Å². The minimum atomic E-state index is -1.32. The minimum Gasteiger partial charge on any atom is -0.481 e. The van der Waals surface area contributed by atoms with E-state index >= 15 is 0 Å². The molecule has 2 unspecified atom stereocenters. The molecule has 0 aromatic carbocycles. The molecule has 1 aliphatic rings. The first-order valence-electron chi connectivity index (χ1n) is 30.4. The van der Waals surface area contributed by atoms with Crippen LogP contribution in [0.4, 0.5) is 0 Å². The van der Waals surface area contributed by atoms with Crippen molar-refractivity contribution in [2.75, 3.05) is 118 Å². The summed E-state index contributed by atoms with van der Waals surface area (Å²) in [4.78, 5) is 168. The van der Waals surface area contributed by atoms with E-state index in [-0.39, 0.29) is 78.0 Å². The van der Waals surface area contributed by atoms with E-state index in [0.29, 0.717) is 88.7 Å². The van der Waals surface area contributed by atoms with Crippen LogP contribution in [-0.4, -0.2) is 290 Å². The lowest BCUT2D eigenvalue weighted by molar-refractivity contribution is -0.144. The molecule has 1 aliphatic heterocycles. The van der Waals surface area contributed by atoms with Gasteiger partial charge in [0.2, 0.25) is 11.8 Å². The molecule has 2 amide bonds. The van der Waals surface area contributed by atoms with E-state index in [4.69, 9.17) is 0 Å². The molecule has 96 heavy (non-hydrogen) atoms. The van der Waals surface area contributed by atoms with E-state index in [1.54, 1.807) is 52.8 Å². The van der Waals surface area contributed by atoms with Gasteiger partial charge in [0.15, 0.2) is 0 Å². The number of carboxylic acid groups (broad SMARTS) is 10. The summed E-state index contributed by atoms with van der Waals surface area (Å²) in [6.07, 6.45) is 6.80. The number of nitrogens with one attached hydrogen (secondary N) is 6. The number of carbonyl (C=O) groups excluding carboxylic acids is 2. The summed E-state index contributed by atoms with van der Waals surface area (Å²) in [5.41, 5.74) is 6.88. The molecular formula is C62H84N12O22. The predicted octanol–water partition coefficient (Wildman–Crippen LogP) is -3.26. The SMILES string of the molecule is Cc1c2[nH]c(c1CCC(=O)O)C=c1[nH]c(c(C)c1CCC(=O)O)=Cc1[nH]c(c(C(C)NC(=O)CN(CCN(CCN(CC(=O)O)CC(=O)O)CC(=O)O)CC(=O)O)c1C)C=c1[nH]c(c(C(C)NC(=O)CN(CCN(CCN(CC(=O)O)CC(=O)O)CC(=O)O)CC(=O)O)c1C)=C2. The van der Waals surface area contributed by atoms with Crippen LogP contribution in [-0.2, 0) is 70.4 Å². The molecule has 5 rings (SSSR count). The zero-order valence-corrected chi connectivity index (χ0v) is 54.1. The number of aromatic amines is 4. The number of rotatable bonds is 42.